The van der Waals surface area contributed by atoms with E-state index in [0.29, 0.717) is 18.9 Å². The molecule has 1 aliphatic heterocycles. The molecule has 1 aliphatic rings. The molecule has 4 heteroatoms. The zero-order valence-electron chi connectivity index (χ0n) is 12.1. The lowest BCUT2D eigenvalue weighted by atomic mass is 10.1. The van der Waals surface area contributed by atoms with Crippen molar-refractivity contribution in [2.24, 2.45) is 5.92 Å². The average Bonchev–Trinajstić information content (AvgIpc) is 2.56. The molecule has 1 unspecified atom stereocenters. The summed E-state index contributed by atoms with van der Waals surface area (Å²) >= 11 is 0. The zero-order chi connectivity index (χ0) is 13.4. The molecule has 0 saturated carbocycles. The van der Waals surface area contributed by atoms with Gasteiger partial charge in [0.2, 0.25) is 5.91 Å². The molecule has 1 fully saturated rings. The molecular weight excluding hydrogens is 228 g/mol. The Morgan fingerprint density at radius 2 is 2.06 bits per heavy atom. The lowest BCUT2D eigenvalue weighted by Crippen LogP contribution is -2.34. The lowest BCUT2D eigenvalue weighted by Gasteiger charge is -2.21. The lowest BCUT2D eigenvalue weighted by molar-refractivity contribution is -0.132. The van der Waals surface area contributed by atoms with Gasteiger partial charge < -0.3 is 15.0 Å². The monoisotopic (exact) mass is 256 g/mol. The zero-order valence-corrected chi connectivity index (χ0v) is 12.1. The fourth-order valence-corrected chi connectivity index (χ4v) is 2.33. The van der Waals surface area contributed by atoms with Gasteiger partial charge in [0.05, 0.1) is 19.1 Å². The molecule has 1 rings (SSSR count). The van der Waals surface area contributed by atoms with Gasteiger partial charge in [-0.3, -0.25) is 4.79 Å². The topological polar surface area (TPSA) is 41.6 Å². The van der Waals surface area contributed by atoms with Crippen molar-refractivity contribution in [3.8, 4) is 0 Å². The SMILES string of the molecule is CC(C)CC(C)OCCC(=O)N1CCCNCC1. The molecule has 106 valence electrons. The van der Waals surface area contributed by atoms with Crippen molar-refractivity contribution in [1.29, 1.82) is 0 Å². The van der Waals surface area contributed by atoms with E-state index >= 15 is 0 Å². The number of rotatable bonds is 6. The molecule has 0 aromatic carbocycles. The summed E-state index contributed by atoms with van der Waals surface area (Å²) in [7, 11) is 0. The molecular formula is C14H28N2O2. The van der Waals surface area contributed by atoms with Crippen molar-refractivity contribution < 1.29 is 9.53 Å². The first-order chi connectivity index (χ1) is 8.59. The fraction of sp³-hybridized carbons (Fsp3) is 0.929. The van der Waals surface area contributed by atoms with Crippen molar-refractivity contribution in [2.75, 3.05) is 32.8 Å². The van der Waals surface area contributed by atoms with Crippen molar-refractivity contribution in [3.63, 3.8) is 0 Å². The third-order valence-corrected chi connectivity index (χ3v) is 3.21. The predicted octanol–water partition coefficient (Wildman–Crippen LogP) is 1.65. The van der Waals surface area contributed by atoms with E-state index in [1.54, 1.807) is 0 Å². The standard InChI is InChI=1S/C14H28N2O2/c1-12(2)11-13(3)18-10-5-14(17)16-8-4-6-15-7-9-16/h12-13,15H,4-11H2,1-3H3. The quantitative estimate of drug-likeness (QED) is 0.785. The van der Waals surface area contributed by atoms with Gasteiger partial charge in [-0.05, 0) is 32.2 Å². The fourth-order valence-electron chi connectivity index (χ4n) is 2.33. The van der Waals surface area contributed by atoms with E-state index in [1.165, 1.54) is 0 Å². The van der Waals surface area contributed by atoms with Crippen LogP contribution in [-0.4, -0.2) is 49.7 Å². The summed E-state index contributed by atoms with van der Waals surface area (Å²) in [6.45, 7) is 10.7. The largest absolute Gasteiger partial charge is 0.378 e. The highest BCUT2D eigenvalue weighted by molar-refractivity contribution is 5.76. The molecule has 0 bridgehead atoms. The van der Waals surface area contributed by atoms with Crippen LogP contribution < -0.4 is 5.32 Å². The van der Waals surface area contributed by atoms with Crippen molar-refractivity contribution in [3.05, 3.63) is 0 Å². The maximum atomic E-state index is 12.0. The Hall–Kier alpha value is -0.610. The Morgan fingerprint density at radius 3 is 2.78 bits per heavy atom. The number of amides is 1. The van der Waals surface area contributed by atoms with Gasteiger partial charge in [0, 0.05) is 19.6 Å². The van der Waals surface area contributed by atoms with E-state index in [4.69, 9.17) is 4.74 Å². The summed E-state index contributed by atoms with van der Waals surface area (Å²) in [6.07, 6.45) is 2.88. The van der Waals surface area contributed by atoms with Gasteiger partial charge in [0.1, 0.15) is 0 Å². The first-order valence-electron chi connectivity index (χ1n) is 7.19. The number of nitrogens with one attached hydrogen (secondary N) is 1. The van der Waals surface area contributed by atoms with E-state index in [2.05, 4.69) is 26.1 Å². The summed E-state index contributed by atoms with van der Waals surface area (Å²) < 4.78 is 5.68. The van der Waals surface area contributed by atoms with Gasteiger partial charge in [-0.2, -0.15) is 0 Å². The number of carbonyl (C=O) groups excluding carboxylic acids is 1. The molecule has 0 aromatic heterocycles. The van der Waals surface area contributed by atoms with Gasteiger partial charge in [-0.25, -0.2) is 0 Å². The number of nitrogens with zero attached hydrogens (tertiary/aromatic N) is 1. The highest BCUT2D eigenvalue weighted by atomic mass is 16.5. The molecule has 1 atom stereocenters. The minimum Gasteiger partial charge on any atom is -0.378 e. The summed E-state index contributed by atoms with van der Waals surface area (Å²) in [6, 6.07) is 0. The third-order valence-electron chi connectivity index (χ3n) is 3.21. The first kappa shape index (κ1) is 15.4. The maximum Gasteiger partial charge on any atom is 0.224 e. The number of carbonyl (C=O) groups is 1. The minimum absolute atomic E-state index is 0.232. The Kier molecular flexibility index (Phi) is 7.28. The third kappa shape index (κ3) is 6.36. The highest BCUT2D eigenvalue weighted by Crippen LogP contribution is 2.08. The molecule has 0 radical (unpaired) electrons. The highest BCUT2D eigenvalue weighted by Gasteiger charge is 2.15. The maximum absolute atomic E-state index is 12.0. The second kappa shape index (κ2) is 8.48. The number of hydrogen-bond donors (Lipinski definition) is 1. The van der Waals surface area contributed by atoms with Crippen LogP contribution in [0.5, 0.6) is 0 Å². The molecule has 18 heavy (non-hydrogen) atoms. The number of ether oxygens (including phenoxy) is 1. The summed E-state index contributed by atoms with van der Waals surface area (Å²) in [5.74, 6) is 0.878. The second-order valence-corrected chi connectivity index (χ2v) is 5.55. The van der Waals surface area contributed by atoms with Gasteiger partial charge in [-0.1, -0.05) is 13.8 Å². The van der Waals surface area contributed by atoms with Crippen LogP contribution in [0.15, 0.2) is 0 Å². The van der Waals surface area contributed by atoms with Crippen LogP contribution in [0.25, 0.3) is 0 Å². The van der Waals surface area contributed by atoms with Gasteiger partial charge in [-0.15, -0.1) is 0 Å². The van der Waals surface area contributed by atoms with E-state index < -0.39 is 0 Å². The Balaban J connectivity index is 2.15. The predicted molar refractivity (Wildman–Crippen MR) is 73.6 cm³/mol. The van der Waals surface area contributed by atoms with Crippen LogP contribution in [-0.2, 0) is 9.53 Å². The van der Waals surface area contributed by atoms with Crippen molar-refractivity contribution >= 4 is 5.91 Å². The Bertz CT molecular complexity index is 236. The van der Waals surface area contributed by atoms with Gasteiger partial charge in [0.25, 0.3) is 0 Å². The van der Waals surface area contributed by atoms with E-state index in [-0.39, 0.29) is 12.0 Å². The Morgan fingerprint density at radius 1 is 1.28 bits per heavy atom. The van der Waals surface area contributed by atoms with Crippen LogP contribution in [0.4, 0.5) is 0 Å². The van der Waals surface area contributed by atoms with Crippen LogP contribution in [0.3, 0.4) is 0 Å². The number of hydrogen-bond acceptors (Lipinski definition) is 3. The summed E-state index contributed by atoms with van der Waals surface area (Å²) in [5, 5.41) is 3.30. The molecule has 1 amide bonds. The first-order valence-corrected chi connectivity index (χ1v) is 7.19. The normalized spacial score (nSPS) is 18.8. The van der Waals surface area contributed by atoms with Crippen LogP contribution in [0, 0.1) is 5.92 Å². The Labute approximate surface area is 111 Å². The summed E-state index contributed by atoms with van der Waals surface area (Å²) in [5.41, 5.74) is 0. The van der Waals surface area contributed by atoms with Crippen LogP contribution in [0.2, 0.25) is 0 Å². The van der Waals surface area contributed by atoms with Crippen LogP contribution >= 0.6 is 0 Å². The van der Waals surface area contributed by atoms with E-state index in [0.717, 1.165) is 39.0 Å². The van der Waals surface area contributed by atoms with E-state index in [9.17, 15) is 4.79 Å². The molecule has 0 aromatic rings. The summed E-state index contributed by atoms with van der Waals surface area (Å²) in [4.78, 5) is 13.9. The smallest absolute Gasteiger partial charge is 0.224 e. The second-order valence-electron chi connectivity index (χ2n) is 5.55. The molecule has 0 aliphatic carbocycles. The molecule has 1 heterocycles. The van der Waals surface area contributed by atoms with Crippen molar-refractivity contribution in [2.45, 2.75) is 46.1 Å². The molecule has 4 nitrogen and oxygen atoms in total. The minimum atomic E-state index is 0.232. The molecule has 0 spiro atoms. The molecule has 1 saturated heterocycles. The molecule has 1 N–H and O–H groups in total. The van der Waals surface area contributed by atoms with Gasteiger partial charge >= 0.3 is 0 Å². The van der Waals surface area contributed by atoms with Crippen LogP contribution in [0.1, 0.15) is 40.0 Å². The van der Waals surface area contributed by atoms with Gasteiger partial charge in [0.15, 0.2) is 0 Å². The van der Waals surface area contributed by atoms with E-state index in [1.807, 2.05) is 4.90 Å². The average molecular weight is 256 g/mol. The van der Waals surface area contributed by atoms with Crippen molar-refractivity contribution in [1.82, 2.24) is 10.2 Å².